The fourth-order valence-corrected chi connectivity index (χ4v) is 2.67. The van der Waals surface area contributed by atoms with Crippen molar-refractivity contribution >= 4 is 17.0 Å². The van der Waals surface area contributed by atoms with Crippen LogP contribution in [0.15, 0.2) is 28.7 Å². The van der Waals surface area contributed by atoms with E-state index in [4.69, 9.17) is 13.9 Å². The van der Waals surface area contributed by atoms with E-state index in [1.165, 1.54) is 0 Å². The quantitative estimate of drug-likeness (QED) is 0.688. The predicted octanol–water partition coefficient (Wildman–Crippen LogP) is 3.24. The number of furan rings is 1. The number of nitrogens with zero attached hydrogens (tertiary/aromatic N) is 2. The van der Waals surface area contributed by atoms with E-state index >= 15 is 0 Å². The van der Waals surface area contributed by atoms with Gasteiger partial charge in [0.05, 0.1) is 6.61 Å². The van der Waals surface area contributed by atoms with E-state index in [0.29, 0.717) is 36.0 Å². The van der Waals surface area contributed by atoms with Gasteiger partial charge in [0.1, 0.15) is 22.7 Å². The number of hydrogen-bond acceptors (Lipinski definition) is 6. The summed E-state index contributed by atoms with van der Waals surface area (Å²) < 4.78 is 16.7. The number of carbonyl (C=O) groups excluding carboxylic acids is 1. The van der Waals surface area contributed by atoms with Crippen LogP contribution in [0.1, 0.15) is 29.6 Å². The van der Waals surface area contributed by atoms with Gasteiger partial charge in [-0.25, -0.2) is 0 Å². The minimum Gasteiger partial charge on any atom is -0.494 e. The van der Waals surface area contributed by atoms with E-state index < -0.39 is 0 Å². The van der Waals surface area contributed by atoms with Crippen LogP contribution in [0.4, 0.5) is 0 Å². The van der Waals surface area contributed by atoms with E-state index in [2.05, 4.69) is 15.3 Å². The largest absolute Gasteiger partial charge is 0.494 e. The lowest BCUT2D eigenvalue weighted by Gasteiger charge is -2.09. The van der Waals surface area contributed by atoms with Crippen molar-refractivity contribution < 1.29 is 18.7 Å². The molecule has 0 aliphatic heterocycles. The molecule has 1 N–H and O–H groups in total. The molecule has 0 atom stereocenters. The maximum Gasteiger partial charge on any atom is 0.258 e. The van der Waals surface area contributed by atoms with Crippen molar-refractivity contribution in [1.82, 2.24) is 15.3 Å². The van der Waals surface area contributed by atoms with Gasteiger partial charge in [-0.1, -0.05) is 12.1 Å². The zero-order valence-corrected chi connectivity index (χ0v) is 16.0. The first-order valence-electron chi connectivity index (χ1n) is 8.83. The molecule has 3 rings (SSSR count). The van der Waals surface area contributed by atoms with Crippen LogP contribution < -0.4 is 14.8 Å². The average Bonchev–Trinajstić information content (AvgIpc) is 2.93. The van der Waals surface area contributed by atoms with Gasteiger partial charge in [0.2, 0.25) is 11.6 Å². The maximum atomic E-state index is 12.1. The third kappa shape index (κ3) is 4.36. The summed E-state index contributed by atoms with van der Waals surface area (Å²) in [4.78, 5) is 20.7. The topological polar surface area (TPSA) is 86.5 Å². The number of nitrogens with one attached hydrogen (secondary N) is 1. The predicted molar refractivity (Wildman–Crippen MR) is 101 cm³/mol. The van der Waals surface area contributed by atoms with Gasteiger partial charge in [0.15, 0.2) is 6.61 Å². The highest BCUT2D eigenvalue weighted by atomic mass is 16.5. The van der Waals surface area contributed by atoms with Crippen molar-refractivity contribution in [2.24, 2.45) is 0 Å². The molecule has 0 fully saturated rings. The van der Waals surface area contributed by atoms with Crippen molar-refractivity contribution in [2.45, 2.75) is 34.2 Å². The van der Waals surface area contributed by atoms with Gasteiger partial charge in [-0.2, -0.15) is 9.97 Å². The SMILES string of the molecule is CCOc1ccc(CNC(=O)COc2nc(C)nc3oc(C)c(C)c23)cc1. The molecule has 0 saturated carbocycles. The summed E-state index contributed by atoms with van der Waals surface area (Å²) in [5, 5.41) is 3.54. The van der Waals surface area contributed by atoms with Gasteiger partial charge in [-0.3, -0.25) is 4.79 Å². The molecule has 27 heavy (non-hydrogen) atoms. The minimum absolute atomic E-state index is 0.133. The molecule has 0 radical (unpaired) electrons. The Morgan fingerprint density at radius 3 is 2.56 bits per heavy atom. The standard InChI is InChI=1S/C20H23N3O4/c1-5-25-16-8-6-15(7-9-16)10-21-17(24)11-26-19-18-12(2)13(3)27-20(18)23-14(4)22-19/h6-9H,5,10-11H2,1-4H3,(H,21,24). The number of hydrogen-bond donors (Lipinski definition) is 1. The molecule has 2 heterocycles. The van der Waals surface area contributed by atoms with Crippen molar-refractivity contribution in [3.8, 4) is 11.6 Å². The Labute approximate surface area is 157 Å². The number of aromatic nitrogens is 2. The highest BCUT2D eigenvalue weighted by molar-refractivity contribution is 5.84. The zero-order valence-electron chi connectivity index (χ0n) is 16.0. The summed E-state index contributed by atoms with van der Waals surface area (Å²) >= 11 is 0. The van der Waals surface area contributed by atoms with Gasteiger partial charge in [-0.05, 0) is 45.4 Å². The Balaban J connectivity index is 1.60. The first-order valence-corrected chi connectivity index (χ1v) is 8.83. The molecule has 7 heteroatoms. The molecular formula is C20H23N3O4. The van der Waals surface area contributed by atoms with E-state index in [1.54, 1.807) is 6.92 Å². The first kappa shape index (κ1) is 18.7. The molecule has 7 nitrogen and oxygen atoms in total. The fourth-order valence-electron chi connectivity index (χ4n) is 2.67. The van der Waals surface area contributed by atoms with E-state index in [9.17, 15) is 4.79 Å². The van der Waals surface area contributed by atoms with Crippen LogP contribution >= 0.6 is 0 Å². The summed E-state index contributed by atoms with van der Waals surface area (Å²) in [6.07, 6.45) is 0. The molecule has 1 aromatic carbocycles. The Morgan fingerprint density at radius 1 is 1.11 bits per heavy atom. The molecular weight excluding hydrogens is 346 g/mol. The summed E-state index contributed by atoms with van der Waals surface area (Å²) in [6.45, 7) is 8.37. The maximum absolute atomic E-state index is 12.1. The molecule has 0 unspecified atom stereocenters. The number of amides is 1. The van der Waals surface area contributed by atoms with Gasteiger partial charge < -0.3 is 19.2 Å². The molecule has 0 saturated heterocycles. The van der Waals surface area contributed by atoms with Crippen LogP contribution in [-0.2, 0) is 11.3 Å². The Hall–Kier alpha value is -3.09. The van der Waals surface area contributed by atoms with Gasteiger partial charge >= 0.3 is 0 Å². The summed E-state index contributed by atoms with van der Waals surface area (Å²) in [6, 6.07) is 7.60. The van der Waals surface area contributed by atoms with Crippen LogP contribution in [0.2, 0.25) is 0 Å². The fraction of sp³-hybridized carbons (Fsp3) is 0.350. The molecule has 1 amide bonds. The Bertz CT molecular complexity index is 948. The zero-order chi connectivity index (χ0) is 19.4. The van der Waals surface area contributed by atoms with Crippen LogP contribution in [-0.4, -0.2) is 29.1 Å². The van der Waals surface area contributed by atoms with E-state index in [-0.39, 0.29) is 12.5 Å². The second-order valence-corrected chi connectivity index (χ2v) is 6.18. The molecule has 2 aromatic heterocycles. The van der Waals surface area contributed by atoms with Gasteiger partial charge in [-0.15, -0.1) is 0 Å². The average molecular weight is 369 g/mol. The van der Waals surface area contributed by atoms with Crippen molar-refractivity contribution in [1.29, 1.82) is 0 Å². The lowest BCUT2D eigenvalue weighted by atomic mass is 10.2. The molecule has 3 aromatic rings. The van der Waals surface area contributed by atoms with E-state index in [1.807, 2.05) is 45.0 Å². The number of benzene rings is 1. The summed E-state index contributed by atoms with van der Waals surface area (Å²) in [5.74, 6) is 2.23. The Morgan fingerprint density at radius 2 is 1.85 bits per heavy atom. The second kappa shape index (κ2) is 8.07. The van der Waals surface area contributed by atoms with Crippen molar-refractivity contribution in [3.63, 3.8) is 0 Å². The number of carbonyl (C=O) groups is 1. The molecule has 0 aliphatic rings. The third-order valence-electron chi connectivity index (χ3n) is 4.17. The normalized spacial score (nSPS) is 10.8. The highest BCUT2D eigenvalue weighted by Crippen LogP contribution is 2.30. The second-order valence-electron chi connectivity index (χ2n) is 6.18. The lowest BCUT2D eigenvalue weighted by Crippen LogP contribution is -2.28. The number of ether oxygens (including phenoxy) is 2. The van der Waals surface area contributed by atoms with Crippen molar-refractivity contribution in [2.75, 3.05) is 13.2 Å². The smallest absolute Gasteiger partial charge is 0.258 e. The summed E-state index contributed by atoms with van der Waals surface area (Å²) in [5.41, 5.74) is 2.37. The van der Waals surface area contributed by atoms with Gasteiger partial charge in [0.25, 0.3) is 5.91 Å². The molecule has 0 aliphatic carbocycles. The molecule has 142 valence electrons. The highest BCUT2D eigenvalue weighted by Gasteiger charge is 2.17. The Kier molecular flexibility index (Phi) is 5.59. The van der Waals surface area contributed by atoms with Crippen LogP contribution in [0, 0.1) is 20.8 Å². The van der Waals surface area contributed by atoms with Crippen LogP contribution in [0.25, 0.3) is 11.1 Å². The third-order valence-corrected chi connectivity index (χ3v) is 4.17. The van der Waals surface area contributed by atoms with Crippen molar-refractivity contribution in [3.05, 3.63) is 47.0 Å². The lowest BCUT2D eigenvalue weighted by molar-refractivity contribution is -0.123. The number of aryl methyl sites for hydroxylation is 3. The monoisotopic (exact) mass is 369 g/mol. The van der Waals surface area contributed by atoms with Crippen LogP contribution in [0.5, 0.6) is 11.6 Å². The molecule has 0 bridgehead atoms. The minimum atomic E-state index is -0.230. The number of rotatable bonds is 7. The first-order chi connectivity index (χ1) is 13.0. The number of fused-ring (bicyclic) bond motifs is 1. The van der Waals surface area contributed by atoms with Crippen LogP contribution in [0.3, 0.4) is 0 Å². The van der Waals surface area contributed by atoms with E-state index in [0.717, 1.165) is 22.6 Å². The van der Waals surface area contributed by atoms with Gasteiger partial charge in [0, 0.05) is 12.1 Å². The molecule has 0 spiro atoms. The summed E-state index contributed by atoms with van der Waals surface area (Å²) in [7, 11) is 0.